The molecule has 0 radical (unpaired) electrons. The maximum Gasteiger partial charge on any atom is 0.119 e. The minimum Gasteiger partial charge on any atom is -0.508 e. The first-order valence-corrected chi connectivity index (χ1v) is 5.42. The molecule has 82 valence electrons. The zero-order valence-corrected chi connectivity index (χ0v) is 8.94. The van der Waals surface area contributed by atoms with Gasteiger partial charge in [-0.05, 0) is 44.2 Å². The Morgan fingerprint density at radius 3 is 2.73 bits per heavy atom. The van der Waals surface area contributed by atoms with Gasteiger partial charge in [0.2, 0.25) is 0 Å². The lowest BCUT2D eigenvalue weighted by atomic mass is 10.0. The molecule has 0 aliphatic carbocycles. The van der Waals surface area contributed by atoms with Crippen LogP contribution in [0, 0.1) is 5.92 Å². The molecule has 1 aliphatic heterocycles. The number of hydrogen-bond donors (Lipinski definition) is 2. The van der Waals surface area contributed by atoms with Crippen molar-refractivity contribution in [1.29, 1.82) is 0 Å². The Morgan fingerprint density at radius 2 is 2.13 bits per heavy atom. The van der Waals surface area contributed by atoms with Gasteiger partial charge in [0.1, 0.15) is 11.5 Å². The molecule has 1 heterocycles. The summed E-state index contributed by atoms with van der Waals surface area (Å²) in [7, 11) is 0. The molecule has 15 heavy (non-hydrogen) atoms. The van der Waals surface area contributed by atoms with Gasteiger partial charge in [-0.1, -0.05) is 0 Å². The highest BCUT2D eigenvalue weighted by atomic mass is 16.5. The topological polar surface area (TPSA) is 41.5 Å². The summed E-state index contributed by atoms with van der Waals surface area (Å²) in [6.45, 7) is 4.23. The molecular weight excluding hydrogens is 190 g/mol. The molecule has 3 heteroatoms. The molecule has 2 N–H and O–H groups in total. The second-order valence-electron chi connectivity index (χ2n) is 4.07. The monoisotopic (exact) mass is 207 g/mol. The van der Waals surface area contributed by atoms with Crippen LogP contribution in [0.2, 0.25) is 0 Å². The minimum absolute atomic E-state index is 0.226. The van der Waals surface area contributed by atoms with Gasteiger partial charge in [-0.2, -0.15) is 0 Å². The number of benzene rings is 1. The van der Waals surface area contributed by atoms with E-state index in [0.717, 1.165) is 18.8 Å². The van der Waals surface area contributed by atoms with Crippen molar-refractivity contribution in [2.24, 2.45) is 5.92 Å². The molecule has 2 rings (SSSR count). The Hall–Kier alpha value is -1.22. The van der Waals surface area contributed by atoms with E-state index in [1.807, 2.05) is 0 Å². The van der Waals surface area contributed by atoms with Gasteiger partial charge in [0.15, 0.2) is 0 Å². The third-order valence-corrected chi connectivity index (χ3v) is 2.92. The maximum absolute atomic E-state index is 9.14. The number of nitrogens with one attached hydrogen (secondary N) is 1. The summed E-state index contributed by atoms with van der Waals surface area (Å²) in [5.41, 5.74) is 0. The normalized spacial score (nSPS) is 22.6. The van der Waals surface area contributed by atoms with Gasteiger partial charge in [-0.25, -0.2) is 0 Å². The third-order valence-electron chi connectivity index (χ3n) is 2.92. The van der Waals surface area contributed by atoms with Crippen molar-refractivity contribution in [1.82, 2.24) is 5.32 Å². The molecule has 2 atom stereocenters. The van der Waals surface area contributed by atoms with Crippen molar-refractivity contribution in [3.8, 4) is 11.5 Å². The van der Waals surface area contributed by atoms with Crippen LogP contribution in [0.15, 0.2) is 24.3 Å². The fourth-order valence-corrected chi connectivity index (χ4v) is 1.91. The summed E-state index contributed by atoms with van der Waals surface area (Å²) in [5.74, 6) is 1.70. The van der Waals surface area contributed by atoms with E-state index in [2.05, 4.69) is 12.2 Å². The Bertz CT molecular complexity index is 304. The van der Waals surface area contributed by atoms with E-state index < -0.39 is 0 Å². The number of aromatic hydroxyl groups is 1. The zero-order valence-electron chi connectivity index (χ0n) is 8.94. The molecule has 1 aromatic rings. The van der Waals surface area contributed by atoms with Gasteiger partial charge < -0.3 is 15.2 Å². The first-order valence-electron chi connectivity index (χ1n) is 5.42. The zero-order chi connectivity index (χ0) is 10.7. The predicted molar refractivity (Wildman–Crippen MR) is 59.2 cm³/mol. The van der Waals surface area contributed by atoms with Crippen molar-refractivity contribution in [3.05, 3.63) is 24.3 Å². The van der Waals surface area contributed by atoms with Crippen molar-refractivity contribution in [3.63, 3.8) is 0 Å². The van der Waals surface area contributed by atoms with Crippen LogP contribution in [0.4, 0.5) is 0 Å². The van der Waals surface area contributed by atoms with Crippen LogP contribution in [0.3, 0.4) is 0 Å². The Morgan fingerprint density at radius 1 is 1.40 bits per heavy atom. The van der Waals surface area contributed by atoms with Gasteiger partial charge in [0, 0.05) is 12.5 Å². The lowest BCUT2D eigenvalue weighted by Crippen LogP contribution is -2.25. The molecule has 1 saturated heterocycles. The molecule has 2 unspecified atom stereocenters. The first-order chi connectivity index (χ1) is 7.25. The third kappa shape index (κ3) is 2.63. The molecule has 1 aliphatic rings. The van der Waals surface area contributed by atoms with Gasteiger partial charge in [0.25, 0.3) is 0 Å². The van der Waals surface area contributed by atoms with Crippen LogP contribution in [-0.4, -0.2) is 24.3 Å². The van der Waals surface area contributed by atoms with E-state index in [4.69, 9.17) is 9.84 Å². The maximum atomic E-state index is 9.14. The summed E-state index contributed by atoms with van der Waals surface area (Å²) >= 11 is 0. The highest BCUT2D eigenvalue weighted by Gasteiger charge is 2.22. The molecule has 0 spiro atoms. The number of ether oxygens (including phenoxy) is 1. The number of phenols is 1. The van der Waals surface area contributed by atoms with E-state index in [0.29, 0.717) is 5.92 Å². The minimum atomic E-state index is 0.226. The van der Waals surface area contributed by atoms with E-state index in [-0.39, 0.29) is 11.9 Å². The van der Waals surface area contributed by atoms with E-state index in [1.165, 1.54) is 6.42 Å². The second-order valence-corrected chi connectivity index (χ2v) is 4.07. The molecule has 1 fully saturated rings. The smallest absolute Gasteiger partial charge is 0.119 e. The van der Waals surface area contributed by atoms with Crippen molar-refractivity contribution < 1.29 is 9.84 Å². The van der Waals surface area contributed by atoms with Crippen molar-refractivity contribution >= 4 is 0 Å². The van der Waals surface area contributed by atoms with E-state index in [9.17, 15) is 0 Å². The quantitative estimate of drug-likeness (QED) is 0.793. The average Bonchev–Trinajstić information content (AvgIpc) is 2.74. The van der Waals surface area contributed by atoms with Crippen LogP contribution < -0.4 is 10.1 Å². The lowest BCUT2D eigenvalue weighted by Gasteiger charge is -2.20. The molecule has 0 bridgehead atoms. The summed E-state index contributed by atoms with van der Waals surface area (Å²) in [5, 5.41) is 12.5. The fraction of sp³-hybridized carbons (Fsp3) is 0.500. The summed E-state index contributed by atoms with van der Waals surface area (Å²) in [6, 6.07) is 6.90. The Kier molecular flexibility index (Phi) is 3.11. The average molecular weight is 207 g/mol. The number of phenolic OH excluding ortho intramolecular Hbond substituents is 1. The number of hydrogen-bond acceptors (Lipinski definition) is 3. The molecule has 0 amide bonds. The summed E-state index contributed by atoms with van der Waals surface area (Å²) < 4.78 is 5.80. The van der Waals surface area contributed by atoms with Crippen LogP contribution >= 0.6 is 0 Å². The van der Waals surface area contributed by atoms with Crippen molar-refractivity contribution in [2.45, 2.75) is 19.4 Å². The SMILES string of the molecule is CC(Oc1ccc(O)cc1)C1CCNC1. The standard InChI is InChI=1S/C12H17NO2/c1-9(10-6-7-13-8-10)15-12-4-2-11(14)3-5-12/h2-5,9-10,13-14H,6-8H2,1H3. The second kappa shape index (κ2) is 4.53. The molecule has 0 aromatic heterocycles. The van der Waals surface area contributed by atoms with Gasteiger partial charge in [-0.15, -0.1) is 0 Å². The molecule has 0 saturated carbocycles. The van der Waals surface area contributed by atoms with Crippen LogP contribution in [-0.2, 0) is 0 Å². The number of rotatable bonds is 3. The van der Waals surface area contributed by atoms with Crippen molar-refractivity contribution in [2.75, 3.05) is 13.1 Å². The largest absolute Gasteiger partial charge is 0.508 e. The summed E-state index contributed by atoms with van der Waals surface area (Å²) in [4.78, 5) is 0. The van der Waals surface area contributed by atoms with Gasteiger partial charge >= 0.3 is 0 Å². The highest BCUT2D eigenvalue weighted by molar-refractivity contribution is 5.30. The lowest BCUT2D eigenvalue weighted by molar-refractivity contribution is 0.161. The van der Waals surface area contributed by atoms with Crippen LogP contribution in [0.25, 0.3) is 0 Å². The van der Waals surface area contributed by atoms with Crippen LogP contribution in [0.5, 0.6) is 11.5 Å². The summed E-state index contributed by atoms with van der Waals surface area (Å²) in [6.07, 6.45) is 1.41. The predicted octanol–water partition coefficient (Wildman–Crippen LogP) is 1.77. The molecule has 1 aromatic carbocycles. The Balaban J connectivity index is 1.92. The van der Waals surface area contributed by atoms with E-state index in [1.54, 1.807) is 24.3 Å². The van der Waals surface area contributed by atoms with Crippen LogP contribution in [0.1, 0.15) is 13.3 Å². The molecule has 3 nitrogen and oxygen atoms in total. The van der Waals surface area contributed by atoms with E-state index >= 15 is 0 Å². The highest BCUT2D eigenvalue weighted by Crippen LogP contribution is 2.21. The Labute approximate surface area is 90.1 Å². The first kappa shape index (κ1) is 10.3. The van der Waals surface area contributed by atoms with Gasteiger partial charge in [0.05, 0.1) is 6.10 Å². The fourth-order valence-electron chi connectivity index (χ4n) is 1.91. The van der Waals surface area contributed by atoms with Gasteiger partial charge in [-0.3, -0.25) is 0 Å². The molecular formula is C12H17NO2.